The summed E-state index contributed by atoms with van der Waals surface area (Å²) in [5, 5.41) is 0. The molecule has 0 spiro atoms. The molecule has 15 heavy (non-hydrogen) atoms. The van der Waals surface area contributed by atoms with Crippen LogP contribution in [0.5, 0.6) is 5.75 Å². The Balaban J connectivity index is 2.27. The van der Waals surface area contributed by atoms with Gasteiger partial charge in [-0.2, -0.15) is 0 Å². The summed E-state index contributed by atoms with van der Waals surface area (Å²) >= 11 is 0. The number of carbonyl (C=O) groups excluding carboxylic acids is 1. The van der Waals surface area contributed by atoms with Crippen molar-refractivity contribution >= 4 is 5.91 Å². The van der Waals surface area contributed by atoms with E-state index in [0.29, 0.717) is 24.0 Å². The lowest BCUT2D eigenvalue weighted by Crippen LogP contribution is -2.12. The highest BCUT2D eigenvalue weighted by Gasteiger charge is 2.23. The number of hydrogen-bond acceptors (Lipinski definition) is 3. The fourth-order valence-electron chi connectivity index (χ4n) is 1.37. The molecule has 2 rings (SSSR count). The van der Waals surface area contributed by atoms with Gasteiger partial charge in [-0.05, 0) is 36.6 Å². The van der Waals surface area contributed by atoms with Crippen LogP contribution in [-0.4, -0.2) is 12.0 Å². The Morgan fingerprint density at radius 2 is 2.13 bits per heavy atom. The lowest BCUT2D eigenvalue weighted by molar-refractivity contribution is 0.0999. The summed E-state index contributed by atoms with van der Waals surface area (Å²) in [6.45, 7) is 0.377. The molecule has 0 bridgehead atoms. The van der Waals surface area contributed by atoms with Crippen LogP contribution < -0.4 is 16.2 Å². The van der Waals surface area contributed by atoms with E-state index in [0.717, 1.165) is 18.4 Å². The first-order chi connectivity index (χ1) is 7.19. The summed E-state index contributed by atoms with van der Waals surface area (Å²) in [4.78, 5) is 11.0. The molecule has 4 N–H and O–H groups in total. The van der Waals surface area contributed by atoms with Gasteiger partial charge < -0.3 is 16.2 Å². The van der Waals surface area contributed by atoms with Gasteiger partial charge in [-0.25, -0.2) is 0 Å². The maximum Gasteiger partial charge on any atom is 0.248 e. The van der Waals surface area contributed by atoms with Crippen molar-refractivity contribution < 1.29 is 9.53 Å². The molecule has 0 radical (unpaired) electrons. The predicted octanol–water partition coefficient (Wildman–Crippen LogP) is 0.785. The average Bonchev–Trinajstić information content (AvgIpc) is 3.01. The lowest BCUT2D eigenvalue weighted by atomic mass is 10.1. The largest absolute Gasteiger partial charge is 0.490 e. The minimum Gasteiger partial charge on any atom is -0.490 e. The number of nitrogens with two attached hydrogens (primary N) is 2. The standard InChI is InChI=1S/C11H14N2O2/c12-6-7-3-8(11(13)14)5-10(4-7)15-9-1-2-9/h3-5,9H,1-2,6,12H2,(H2,13,14). The van der Waals surface area contributed by atoms with E-state index in [2.05, 4.69) is 0 Å². The molecule has 1 fully saturated rings. The second-order valence-corrected chi connectivity index (χ2v) is 3.75. The quantitative estimate of drug-likeness (QED) is 0.764. The first kappa shape index (κ1) is 9.98. The van der Waals surface area contributed by atoms with Gasteiger partial charge in [0.25, 0.3) is 0 Å². The van der Waals surface area contributed by atoms with E-state index in [4.69, 9.17) is 16.2 Å². The molecule has 0 saturated heterocycles. The van der Waals surface area contributed by atoms with Crippen molar-refractivity contribution in [3.05, 3.63) is 29.3 Å². The summed E-state index contributed by atoms with van der Waals surface area (Å²) in [6.07, 6.45) is 2.47. The van der Waals surface area contributed by atoms with Crippen molar-refractivity contribution in [3.8, 4) is 5.75 Å². The van der Waals surface area contributed by atoms with Crippen molar-refractivity contribution in [2.45, 2.75) is 25.5 Å². The van der Waals surface area contributed by atoms with E-state index in [-0.39, 0.29) is 0 Å². The molecule has 4 heteroatoms. The molecule has 1 aliphatic rings. The molecule has 0 atom stereocenters. The zero-order valence-corrected chi connectivity index (χ0v) is 8.40. The zero-order valence-electron chi connectivity index (χ0n) is 8.40. The highest BCUT2D eigenvalue weighted by Crippen LogP contribution is 2.28. The van der Waals surface area contributed by atoms with Crippen LogP contribution in [0.3, 0.4) is 0 Å². The van der Waals surface area contributed by atoms with Crippen LogP contribution in [-0.2, 0) is 6.54 Å². The van der Waals surface area contributed by atoms with Crippen molar-refractivity contribution in [1.82, 2.24) is 0 Å². The molecule has 1 amide bonds. The van der Waals surface area contributed by atoms with Gasteiger partial charge in [0.15, 0.2) is 0 Å². The second kappa shape index (κ2) is 3.90. The van der Waals surface area contributed by atoms with Gasteiger partial charge in [0.2, 0.25) is 5.91 Å². The SMILES string of the molecule is NCc1cc(OC2CC2)cc(C(N)=O)c1. The Bertz CT molecular complexity index is 386. The topological polar surface area (TPSA) is 78.3 Å². The zero-order chi connectivity index (χ0) is 10.8. The van der Waals surface area contributed by atoms with Crippen molar-refractivity contribution in [3.63, 3.8) is 0 Å². The van der Waals surface area contributed by atoms with Gasteiger partial charge >= 0.3 is 0 Å². The summed E-state index contributed by atoms with van der Waals surface area (Å²) in [6, 6.07) is 5.21. The first-order valence-corrected chi connectivity index (χ1v) is 4.99. The highest BCUT2D eigenvalue weighted by atomic mass is 16.5. The van der Waals surface area contributed by atoms with Gasteiger partial charge in [-0.1, -0.05) is 0 Å². The predicted molar refractivity (Wildman–Crippen MR) is 56.5 cm³/mol. The van der Waals surface area contributed by atoms with Crippen molar-refractivity contribution in [2.75, 3.05) is 0 Å². The molecule has 0 aliphatic heterocycles. The number of carbonyl (C=O) groups is 1. The van der Waals surface area contributed by atoms with Gasteiger partial charge in [-0.15, -0.1) is 0 Å². The average molecular weight is 206 g/mol. The van der Waals surface area contributed by atoms with E-state index in [9.17, 15) is 4.79 Å². The Hall–Kier alpha value is -1.55. The van der Waals surface area contributed by atoms with Gasteiger partial charge in [-0.3, -0.25) is 4.79 Å². The van der Waals surface area contributed by atoms with Gasteiger partial charge in [0, 0.05) is 12.1 Å². The van der Waals surface area contributed by atoms with Gasteiger partial charge in [0.05, 0.1) is 6.10 Å². The monoisotopic (exact) mass is 206 g/mol. The molecule has 1 saturated carbocycles. The van der Waals surface area contributed by atoms with E-state index in [1.807, 2.05) is 6.07 Å². The third kappa shape index (κ3) is 2.47. The Labute approximate surface area is 88.2 Å². The molecule has 0 heterocycles. The number of amides is 1. The number of benzene rings is 1. The maximum absolute atomic E-state index is 11.0. The molecular weight excluding hydrogens is 192 g/mol. The van der Waals surface area contributed by atoms with Crippen molar-refractivity contribution in [1.29, 1.82) is 0 Å². The normalized spacial score (nSPS) is 15.0. The Morgan fingerprint density at radius 1 is 1.40 bits per heavy atom. The van der Waals surface area contributed by atoms with E-state index >= 15 is 0 Å². The van der Waals surface area contributed by atoms with E-state index in [1.54, 1.807) is 12.1 Å². The Kier molecular flexibility index (Phi) is 2.60. The molecule has 0 unspecified atom stereocenters. The summed E-state index contributed by atoms with van der Waals surface area (Å²) in [5.74, 6) is 0.236. The number of primary amides is 1. The van der Waals surface area contributed by atoms with Crippen LogP contribution >= 0.6 is 0 Å². The van der Waals surface area contributed by atoms with E-state index < -0.39 is 5.91 Å². The number of ether oxygens (including phenoxy) is 1. The highest BCUT2D eigenvalue weighted by molar-refractivity contribution is 5.93. The van der Waals surface area contributed by atoms with Crippen LogP contribution in [0.15, 0.2) is 18.2 Å². The maximum atomic E-state index is 11.0. The van der Waals surface area contributed by atoms with Crippen LogP contribution in [0.4, 0.5) is 0 Å². The number of rotatable bonds is 4. The minimum absolute atomic E-state index is 0.304. The van der Waals surface area contributed by atoms with Crippen LogP contribution in [0.25, 0.3) is 0 Å². The van der Waals surface area contributed by atoms with Crippen LogP contribution in [0.2, 0.25) is 0 Å². The minimum atomic E-state index is -0.453. The molecule has 1 aromatic rings. The summed E-state index contributed by atoms with van der Waals surface area (Å²) < 4.78 is 5.60. The molecular formula is C11H14N2O2. The fraction of sp³-hybridized carbons (Fsp3) is 0.364. The third-order valence-corrected chi connectivity index (χ3v) is 2.31. The number of hydrogen-bond donors (Lipinski definition) is 2. The molecule has 4 nitrogen and oxygen atoms in total. The lowest BCUT2D eigenvalue weighted by Gasteiger charge is -2.08. The van der Waals surface area contributed by atoms with E-state index in [1.165, 1.54) is 0 Å². The second-order valence-electron chi connectivity index (χ2n) is 3.75. The Morgan fingerprint density at radius 3 is 2.67 bits per heavy atom. The van der Waals surface area contributed by atoms with Gasteiger partial charge in [0.1, 0.15) is 5.75 Å². The first-order valence-electron chi connectivity index (χ1n) is 4.99. The molecule has 80 valence electrons. The molecule has 0 aromatic heterocycles. The summed E-state index contributed by atoms with van der Waals surface area (Å²) in [5.41, 5.74) is 12.1. The van der Waals surface area contributed by atoms with Crippen LogP contribution in [0, 0.1) is 0 Å². The molecule has 1 aromatic carbocycles. The van der Waals surface area contributed by atoms with Crippen molar-refractivity contribution in [2.24, 2.45) is 11.5 Å². The summed E-state index contributed by atoms with van der Waals surface area (Å²) in [7, 11) is 0. The molecule has 1 aliphatic carbocycles. The third-order valence-electron chi connectivity index (χ3n) is 2.31. The van der Waals surface area contributed by atoms with Crippen LogP contribution in [0.1, 0.15) is 28.8 Å². The fourth-order valence-corrected chi connectivity index (χ4v) is 1.37. The smallest absolute Gasteiger partial charge is 0.248 e.